The molecular formula is C17H19F3N4O. The van der Waals surface area contributed by atoms with Gasteiger partial charge in [0, 0.05) is 32.2 Å². The first-order valence-electron chi connectivity index (χ1n) is 7.94. The normalized spacial score (nSPS) is 15.4. The highest BCUT2D eigenvalue weighted by Crippen LogP contribution is 2.31. The number of anilines is 2. The molecule has 25 heavy (non-hydrogen) atoms. The molecule has 0 spiro atoms. The fourth-order valence-corrected chi connectivity index (χ4v) is 2.93. The molecule has 0 aliphatic carbocycles. The summed E-state index contributed by atoms with van der Waals surface area (Å²) in [6.45, 7) is 3.97. The molecular weight excluding hydrogens is 333 g/mol. The summed E-state index contributed by atoms with van der Waals surface area (Å²) in [5.41, 5.74) is 0.0849. The van der Waals surface area contributed by atoms with E-state index < -0.39 is 11.9 Å². The summed E-state index contributed by atoms with van der Waals surface area (Å²) < 4.78 is 44.2. The van der Waals surface area contributed by atoms with E-state index in [0.717, 1.165) is 17.5 Å². The highest BCUT2D eigenvalue weighted by Gasteiger charge is 2.34. The van der Waals surface area contributed by atoms with E-state index in [1.165, 1.54) is 6.92 Å². The summed E-state index contributed by atoms with van der Waals surface area (Å²) in [5.74, 6) is 1.23. The lowest BCUT2D eigenvalue weighted by atomic mass is 10.2. The number of nitrogens with zero attached hydrogens (tertiary/aromatic N) is 4. The molecule has 2 aromatic rings. The number of hydrogen-bond donors (Lipinski definition) is 0. The van der Waals surface area contributed by atoms with Gasteiger partial charge in [0.1, 0.15) is 23.1 Å². The fraction of sp³-hybridized carbons (Fsp3) is 0.412. The van der Waals surface area contributed by atoms with Gasteiger partial charge < -0.3 is 14.5 Å². The van der Waals surface area contributed by atoms with Gasteiger partial charge in [0.25, 0.3) is 0 Å². The topological polar surface area (TPSA) is 41.5 Å². The standard InChI is InChI=1S/C17H19F3N4O/c1-12-21-15(17(18,19)20)11-16(22-12)24-9-7-23(8-10-24)13-5-3-4-6-14(13)25-2/h3-6,11H,7-10H2,1-2H3. The van der Waals surface area contributed by atoms with Crippen LogP contribution in [0.1, 0.15) is 11.5 Å². The van der Waals surface area contributed by atoms with Crippen molar-refractivity contribution in [2.45, 2.75) is 13.1 Å². The van der Waals surface area contributed by atoms with E-state index in [1.54, 1.807) is 7.11 Å². The zero-order valence-electron chi connectivity index (χ0n) is 14.0. The van der Waals surface area contributed by atoms with Gasteiger partial charge in [-0.05, 0) is 19.1 Å². The van der Waals surface area contributed by atoms with Crippen LogP contribution in [0.3, 0.4) is 0 Å². The zero-order valence-corrected chi connectivity index (χ0v) is 14.0. The minimum atomic E-state index is -4.47. The molecule has 0 saturated carbocycles. The number of halogens is 3. The number of methoxy groups -OCH3 is 1. The number of piperazine rings is 1. The van der Waals surface area contributed by atoms with Gasteiger partial charge in [-0.1, -0.05) is 12.1 Å². The van der Waals surface area contributed by atoms with Gasteiger partial charge in [-0.15, -0.1) is 0 Å². The predicted octanol–water partition coefficient (Wildman–Crippen LogP) is 3.14. The Morgan fingerprint density at radius 1 is 1.00 bits per heavy atom. The van der Waals surface area contributed by atoms with Gasteiger partial charge in [-0.3, -0.25) is 0 Å². The lowest BCUT2D eigenvalue weighted by Gasteiger charge is -2.37. The van der Waals surface area contributed by atoms with Crippen LogP contribution in [-0.2, 0) is 6.18 Å². The number of ether oxygens (including phenoxy) is 1. The van der Waals surface area contributed by atoms with Crippen LogP contribution in [-0.4, -0.2) is 43.3 Å². The third-order valence-electron chi connectivity index (χ3n) is 4.14. The average molecular weight is 352 g/mol. The van der Waals surface area contributed by atoms with E-state index in [4.69, 9.17) is 4.74 Å². The molecule has 0 bridgehead atoms. The van der Waals surface area contributed by atoms with Crippen molar-refractivity contribution in [2.24, 2.45) is 0 Å². The summed E-state index contributed by atoms with van der Waals surface area (Å²) in [7, 11) is 1.62. The van der Waals surface area contributed by atoms with E-state index in [-0.39, 0.29) is 5.82 Å². The lowest BCUT2D eigenvalue weighted by Crippen LogP contribution is -2.47. The maximum Gasteiger partial charge on any atom is 0.433 e. The van der Waals surface area contributed by atoms with E-state index in [2.05, 4.69) is 14.9 Å². The first-order chi connectivity index (χ1) is 11.9. The lowest BCUT2D eigenvalue weighted by molar-refractivity contribution is -0.141. The third-order valence-corrected chi connectivity index (χ3v) is 4.14. The molecule has 1 aliphatic heterocycles. The Morgan fingerprint density at radius 2 is 1.64 bits per heavy atom. The van der Waals surface area contributed by atoms with Crippen LogP contribution in [0.15, 0.2) is 30.3 Å². The molecule has 0 radical (unpaired) electrons. The molecule has 5 nitrogen and oxygen atoms in total. The van der Waals surface area contributed by atoms with Crippen LogP contribution in [0.4, 0.5) is 24.7 Å². The second kappa shape index (κ2) is 6.78. The molecule has 1 saturated heterocycles. The Hall–Kier alpha value is -2.51. The van der Waals surface area contributed by atoms with Gasteiger partial charge in [-0.25, -0.2) is 9.97 Å². The summed E-state index contributed by atoms with van der Waals surface area (Å²) >= 11 is 0. The summed E-state index contributed by atoms with van der Waals surface area (Å²) in [4.78, 5) is 11.7. The largest absolute Gasteiger partial charge is 0.495 e. The highest BCUT2D eigenvalue weighted by molar-refractivity contribution is 5.59. The van der Waals surface area contributed by atoms with E-state index >= 15 is 0 Å². The van der Waals surface area contributed by atoms with Crippen molar-refractivity contribution in [3.63, 3.8) is 0 Å². The van der Waals surface area contributed by atoms with E-state index in [0.29, 0.717) is 32.0 Å². The molecule has 0 amide bonds. The first kappa shape index (κ1) is 17.3. The number of hydrogen-bond acceptors (Lipinski definition) is 5. The van der Waals surface area contributed by atoms with Crippen molar-refractivity contribution in [1.82, 2.24) is 9.97 Å². The minimum absolute atomic E-state index is 0.122. The Labute approximate surface area is 144 Å². The van der Waals surface area contributed by atoms with Crippen molar-refractivity contribution in [3.05, 3.63) is 41.9 Å². The predicted molar refractivity (Wildman–Crippen MR) is 89.2 cm³/mol. The number of benzene rings is 1. The molecule has 2 heterocycles. The van der Waals surface area contributed by atoms with Crippen LogP contribution in [0.25, 0.3) is 0 Å². The van der Waals surface area contributed by atoms with Crippen molar-refractivity contribution in [2.75, 3.05) is 43.1 Å². The summed E-state index contributed by atoms with van der Waals surface area (Å²) in [5, 5.41) is 0. The molecule has 1 fully saturated rings. The van der Waals surface area contributed by atoms with Gasteiger partial charge in [0.15, 0.2) is 0 Å². The SMILES string of the molecule is COc1ccccc1N1CCN(c2cc(C(F)(F)F)nc(C)n2)CC1. The smallest absolute Gasteiger partial charge is 0.433 e. The quantitative estimate of drug-likeness (QED) is 0.849. The van der Waals surface area contributed by atoms with E-state index in [9.17, 15) is 13.2 Å². The van der Waals surface area contributed by atoms with E-state index in [1.807, 2.05) is 29.2 Å². The van der Waals surface area contributed by atoms with Crippen LogP contribution in [0, 0.1) is 6.92 Å². The van der Waals surface area contributed by atoms with Gasteiger partial charge in [0.05, 0.1) is 12.8 Å². The minimum Gasteiger partial charge on any atom is -0.495 e. The van der Waals surface area contributed by atoms with Crippen LogP contribution >= 0.6 is 0 Å². The molecule has 0 atom stereocenters. The fourth-order valence-electron chi connectivity index (χ4n) is 2.93. The molecule has 0 unspecified atom stereocenters. The second-order valence-corrected chi connectivity index (χ2v) is 5.80. The molecule has 0 N–H and O–H groups in total. The average Bonchev–Trinajstić information content (AvgIpc) is 2.60. The molecule has 134 valence electrons. The van der Waals surface area contributed by atoms with Crippen molar-refractivity contribution in [3.8, 4) is 5.75 Å². The molecule has 1 aromatic heterocycles. The second-order valence-electron chi connectivity index (χ2n) is 5.80. The molecule has 1 aromatic carbocycles. The van der Waals surface area contributed by atoms with Gasteiger partial charge >= 0.3 is 6.18 Å². The van der Waals surface area contributed by atoms with Gasteiger partial charge in [-0.2, -0.15) is 13.2 Å². The molecule has 1 aliphatic rings. The number of aryl methyl sites for hydroxylation is 1. The summed E-state index contributed by atoms with van der Waals surface area (Å²) in [6.07, 6.45) is -4.47. The Balaban J connectivity index is 1.76. The van der Waals surface area contributed by atoms with Crippen molar-refractivity contribution >= 4 is 11.5 Å². The Morgan fingerprint density at radius 3 is 2.28 bits per heavy atom. The molecule has 3 rings (SSSR count). The number of para-hydroxylation sites is 2. The number of aromatic nitrogens is 2. The number of alkyl halides is 3. The number of rotatable bonds is 3. The summed E-state index contributed by atoms with van der Waals surface area (Å²) in [6, 6.07) is 8.73. The third kappa shape index (κ3) is 3.78. The zero-order chi connectivity index (χ0) is 18.0. The molecule has 8 heteroatoms. The van der Waals surface area contributed by atoms with Crippen LogP contribution in [0.2, 0.25) is 0 Å². The van der Waals surface area contributed by atoms with Crippen molar-refractivity contribution in [1.29, 1.82) is 0 Å². The van der Waals surface area contributed by atoms with Crippen LogP contribution in [0.5, 0.6) is 5.75 Å². The maximum absolute atomic E-state index is 13.0. The van der Waals surface area contributed by atoms with Gasteiger partial charge in [0.2, 0.25) is 0 Å². The first-order valence-corrected chi connectivity index (χ1v) is 7.94. The Kier molecular flexibility index (Phi) is 4.69. The monoisotopic (exact) mass is 352 g/mol. The highest BCUT2D eigenvalue weighted by atomic mass is 19.4. The Bertz CT molecular complexity index is 743. The van der Waals surface area contributed by atoms with Crippen molar-refractivity contribution < 1.29 is 17.9 Å². The van der Waals surface area contributed by atoms with Crippen LogP contribution < -0.4 is 14.5 Å². The maximum atomic E-state index is 13.0.